The molecule has 0 aromatic rings. The molecule has 0 fully saturated rings. The van der Waals surface area contributed by atoms with Gasteiger partial charge in [0, 0.05) is 12.0 Å². The summed E-state index contributed by atoms with van der Waals surface area (Å²) in [5, 5.41) is 5.90. The van der Waals surface area contributed by atoms with Crippen LogP contribution in [0.3, 0.4) is 0 Å². The third-order valence-corrected chi connectivity index (χ3v) is 5.00. The summed E-state index contributed by atoms with van der Waals surface area (Å²) in [6, 6.07) is 0. The van der Waals surface area contributed by atoms with E-state index in [1.54, 1.807) is 0 Å². The van der Waals surface area contributed by atoms with E-state index < -0.39 is 0 Å². The second-order valence-corrected chi connectivity index (χ2v) is 7.53. The van der Waals surface area contributed by atoms with Gasteiger partial charge in [0.05, 0.1) is 6.54 Å². The number of unbranched alkanes of at least 4 members (excludes halogenated alkanes) is 1. The van der Waals surface area contributed by atoms with Crippen molar-refractivity contribution in [1.82, 2.24) is 10.6 Å². The van der Waals surface area contributed by atoms with Gasteiger partial charge in [0.25, 0.3) is 0 Å². The Kier molecular flexibility index (Phi) is 15.3. The van der Waals surface area contributed by atoms with Crippen LogP contribution in [-0.4, -0.2) is 41.2 Å². The van der Waals surface area contributed by atoms with Gasteiger partial charge in [-0.15, -0.1) is 0 Å². The Hall–Kier alpha value is -0.0100. The van der Waals surface area contributed by atoms with Crippen LogP contribution in [0.25, 0.3) is 0 Å². The molecule has 7 heteroatoms. The monoisotopic (exact) mass is 394 g/mol. The minimum atomic E-state index is -0.237. The molecule has 0 atom stereocenters. The van der Waals surface area contributed by atoms with Crippen LogP contribution in [0.5, 0.6) is 0 Å². The maximum absolute atomic E-state index is 12.3. The summed E-state index contributed by atoms with van der Waals surface area (Å²) in [4.78, 5) is 24.0. The maximum Gasteiger partial charge on any atom is 0.239 e. The molecule has 0 aliphatic rings. The Morgan fingerprint density at radius 1 is 0.833 bits per heavy atom. The van der Waals surface area contributed by atoms with E-state index in [4.69, 9.17) is 0 Å². The Bertz CT molecular complexity index is 333. The molecule has 0 spiro atoms. The second-order valence-electron chi connectivity index (χ2n) is 6.19. The lowest BCUT2D eigenvalue weighted by molar-refractivity contribution is -0.127. The Morgan fingerprint density at radius 2 is 1.33 bits per heavy atom. The minimum Gasteiger partial charge on any atom is -0.349 e. The first-order chi connectivity index (χ1) is 11.5. The molecule has 24 heavy (non-hydrogen) atoms. The molecule has 0 radical (unpaired) electrons. The fourth-order valence-electron chi connectivity index (χ4n) is 2.76. The molecular formula is C17H34N2O2S3. The van der Waals surface area contributed by atoms with Crippen LogP contribution in [0.1, 0.15) is 64.7 Å². The van der Waals surface area contributed by atoms with Gasteiger partial charge in [-0.2, -0.15) is 37.9 Å². The summed E-state index contributed by atoms with van der Waals surface area (Å²) in [5.74, 6) is 2.23. The van der Waals surface area contributed by atoms with Gasteiger partial charge in [-0.25, -0.2) is 0 Å². The quantitative estimate of drug-likeness (QED) is 0.277. The summed E-state index contributed by atoms with van der Waals surface area (Å²) in [6.45, 7) is 2.09. The molecule has 0 saturated carbocycles. The van der Waals surface area contributed by atoms with Gasteiger partial charge >= 0.3 is 0 Å². The number of carbonyl (C=O) groups is 2. The third kappa shape index (κ3) is 11.5. The lowest BCUT2D eigenvalue weighted by Gasteiger charge is -2.35. The highest BCUT2D eigenvalue weighted by Crippen LogP contribution is 2.26. The van der Waals surface area contributed by atoms with Crippen molar-refractivity contribution in [3.63, 3.8) is 0 Å². The molecule has 0 aromatic heterocycles. The first-order valence-electron chi connectivity index (χ1n) is 8.94. The van der Waals surface area contributed by atoms with Crippen LogP contribution in [0.2, 0.25) is 0 Å². The van der Waals surface area contributed by atoms with Crippen molar-refractivity contribution in [2.75, 3.05) is 23.8 Å². The Labute approximate surface area is 163 Å². The van der Waals surface area contributed by atoms with E-state index in [9.17, 15) is 9.59 Å². The van der Waals surface area contributed by atoms with E-state index >= 15 is 0 Å². The fourth-order valence-corrected chi connectivity index (χ4v) is 3.23. The molecule has 4 nitrogen and oxygen atoms in total. The van der Waals surface area contributed by atoms with E-state index in [1.807, 2.05) is 6.92 Å². The average molecular weight is 395 g/mol. The van der Waals surface area contributed by atoms with Gasteiger partial charge in [-0.05, 0) is 62.2 Å². The lowest BCUT2D eigenvalue weighted by Crippen LogP contribution is -2.51. The summed E-state index contributed by atoms with van der Waals surface area (Å²) in [6.07, 6.45) is 7.84. The standard InChI is InChI=1S/C17H34N2O2S3/c1-2-3-7-15(20)18-14-16(21)19-17(8-4-11-22,9-5-12-23)10-6-13-24/h22-24H,2-14H2,1H3,(H,18,20)(H,19,21). The highest BCUT2D eigenvalue weighted by atomic mass is 32.1. The lowest BCUT2D eigenvalue weighted by atomic mass is 9.84. The molecule has 0 heterocycles. The zero-order valence-corrected chi connectivity index (χ0v) is 17.5. The molecule has 2 amide bonds. The topological polar surface area (TPSA) is 58.2 Å². The van der Waals surface area contributed by atoms with Crippen molar-refractivity contribution >= 4 is 49.7 Å². The molecule has 0 rings (SSSR count). The smallest absolute Gasteiger partial charge is 0.239 e. The van der Waals surface area contributed by atoms with Crippen LogP contribution in [-0.2, 0) is 9.59 Å². The predicted molar refractivity (Wildman–Crippen MR) is 113 cm³/mol. The van der Waals surface area contributed by atoms with Crippen molar-refractivity contribution in [2.45, 2.75) is 70.3 Å². The van der Waals surface area contributed by atoms with Crippen molar-refractivity contribution in [3.8, 4) is 0 Å². The summed E-state index contributed by atoms with van der Waals surface area (Å²) < 4.78 is 0. The van der Waals surface area contributed by atoms with Crippen LogP contribution < -0.4 is 10.6 Å². The first kappa shape index (κ1) is 24.0. The van der Waals surface area contributed by atoms with Crippen LogP contribution in [0, 0.1) is 0 Å². The second kappa shape index (κ2) is 15.3. The van der Waals surface area contributed by atoms with Gasteiger partial charge < -0.3 is 10.6 Å². The van der Waals surface area contributed by atoms with Crippen LogP contribution >= 0.6 is 37.9 Å². The normalized spacial score (nSPS) is 11.3. The third-order valence-electron chi connectivity index (χ3n) is 4.05. The van der Waals surface area contributed by atoms with E-state index in [2.05, 4.69) is 48.5 Å². The highest BCUT2D eigenvalue weighted by Gasteiger charge is 2.30. The van der Waals surface area contributed by atoms with Crippen LogP contribution in [0.15, 0.2) is 0 Å². The molecule has 0 saturated heterocycles. The average Bonchev–Trinajstić information content (AvgIpc) is 2.59. The zero-order chi connectivity index (χ0) is 18.3. The highest BCUT2D eigenvalue weighted by molar-refractivity contribution is 7.80. The number of carbonyl (C=O) groups excluding carboxylic acids is 2. The van der Waals surface area contributed by atoms with Crippen molar-refractivity contribution in [3.05, 3.63) is 0 Å². The molecule has 0 aliphatic carbocycles. The number of rotatable bonds is 15. The van der Waals surface area contributed by atoms with E-state index in [1.165, 1.54) is 0 Å². The summed E-state index contributed by atoms with van der Waals surface area (Å²) >= 11 is 12.9. The number of thiol groups is 3. The largest absolute Gasteiger partial charge is 0.349 e. The minimum absolute atomic E-state index is 0.0485. The van der Waals surface area contributed by atoms with Gasteiger partial charge in [-0.3, -0.25) is 9.59 Å². The van der Waals surface area contributed by atoms with E-state index in [-0.39, 0.29) is 23.9 Å². The van der Waals surface area contributed by atoms with E-state index in [0.717, 1.165) is 68.6 Å². The van der Waals surface area contributed by atoms with Gasteiger partial charge in [0.2, 0.25) is 11.8 Å². The van der Waals surface area contributed by atoms with Gasteiger partial charge in [0.15, 0.2) is 0 Å². The molecular weight excluding hydrogens is 360 g/mol. The van der Waals surface area contributed by atoms with Crippen molar-refractivity contribution < 1.29 is 9.59 Å². The molecule has 142 valence electrons. The zero-order valence-electron chi connectivity index (χ0n) is 14.9. The van der Waals surface area contributed by atoms with Crippen LogP contribution in [0.4, 0.5) is 0 Å². The molecule has 0 aliphatic heterocycles. The number of hydrogen-bond acceptors (Lipinski definition) is 5. The predicted octanol–water partition coefficient (Wildman–Crippen LogP) is 3.28. The number of amides is 2. The molecule has 0 aromatic carbocycles. The maximum atomic E-state index is 12.3. The Morgan fingerprint density at radius 3 is 1.75 bits per heavy atom. The van der Waals surface area contributed by atoms with Gasteiger partial charge in [-0.1, -0.05) is 13.3 Å². The number of hydrogen-bond donors (Lipinski definition) is 5. The number of nitrogens with one attached hydrogen (secondary N) is 2. The molecule has 2 N–H and O–H groups in total. The fraction of sp³-hybridized carbons (Fsp3) is 0.882. The first-order valence-corrected chi connectivity index (χ1v) is 10.8. The molecule has 0 bridgehead atoms. The van der Waals surface area contributed by atoms with Crippen molar-refractivity contribution in [1.29, 1.82) is 0 Å². The van der Waals surface area contributed by atoms with E-state index in [0.29, 0.717) is 6.42 Å². The van der Waals surface area contributed by atoms with Gasteiger partial charge in [0.1, 0.15) is 0 Å². The summed E-state index contributed by atoms with van der Waals surface area (Å²) in [5.41, 5.74) is -0.237. The Balaban J connectivity index is 4.67. The SMILES string of the molecule is CCCCC(=O)NCC(=O)NC(CCCS)(CCCS)CCCS. The van der Waals surface area contributed by atoms with Crippen molar-refractivity contribution in [2.24, 2.45) is 0 Å². The molecule has 0 unspecified atom stereocenters. The summed E-state index contributed by atoms with van der Waals surface area (Å²) in [7, 11) is 0.